The molecule has 1 aliphatic heterocycles. The average Bonchev–Trinajstić information content (AvgIpc) is 3.29. The van der Waals surface area contributed by atoms with E-state index in [4.69, 9.17) is 0 Å². The molecule has 1 aromatic rings. The largest absolute Gasteiger partial charge is 0.356 e. The van der Waals surface area contributed by atoms with Gasteiger partial charge in [0.05, 0.1) is 0 Å². The van der Waals surface area contributed by atoms with Crippen molar-refractivity contribution in [3.05, 3.63) is 34.3 Å². The van der Waals surface area contributed by atoms with Crippen molar-refractivity contribution in [1.82, 2.24) is 15.5 Å². The zero-order chi connectivity index (χ0) is 18.7. The first-order valence-electron chi connectivity index (χ1n) is 10.7. The second-order valence-electron chi connectivity index (χ2n) is 8.61. The highest BCUT2D eigenvalue weighted by molar-refractivity contribution is 9.10. The van der Waals surface area contributed by atoms with Crippen molar-refractivity contribution in [3.63, 3.8) is 0 Å². The van der Waals surface area contributed by atoms with Crippen molar-refractivity contribution in [2.45, 2.75) is 68.9 Å². The van der Waals surface area contributed by atoms with E-state index >= 15 is 0 Å². The molecule has 3 fully saturated rings. The molecule has 4 nitrogen and oxygen atoms in total. The van der Waals surface area contributed by atoms with E-state index in [0.717, 1.165) is 18.5 Å². The van der Waals surface area contributed by atoms with Gasteiger partial charge >= 0.3 is 0 Å². The fraction of sp³-hybridized carbons (Fsp3) is 0.682. The number of hydrogen-bond donors (Lipinski definition) is 2. The van der Waals surface area contributed by atoms with Crippen LogP contribution in [0.1, 0.15) is 56.9 Å². The molecule has 0 atom stereocenters. The molecule has 2 aliphatic carbocycles. The lowest BCUT2D eigenvalue weighted by Gasteiger charge is -2.36. The zero-order valence-corrected chi connectivity index (χ0v) is 18.1. The Bertz CT molecular complexity index is 656. The summed E-state index contributed by atoms with van der Waals surface area (Å²) in [5.41, 5.74) is 1.72. The van der Waals surface area contributed by atoms with Crippen LogP contribution in [0.25, 0.3) is 0 Å². The predicted octanol–water partition coefficient (Wildman–Crippen LogP) is 4.05. The van der Waals surface area contributed by atoms with Crippen molar-refractivity contribution in [2.75, 3.05) is 26.7 Å². The minimum absolute atomic E-state index is 0.285. The molecule has 1 saturated heterocycles. The lowest BCUT2D eigenvalue weighted by atomic mass is 9.96. The summed E-state index contributed by atoms with van der Waals surface area (Å²) in [6.07, 6.45) is 10.7. The van der Waals surface area contributed by atoms with Gasteiger partial charge in [0.25, 0.3) is 0 Å². The summed E-state index contributed by atoms with van der Waals surface area (Å²) in [7, 11) is 1.89. The summed E-state index contributed by atoms with van der Waals surface area (Å²) < 4.78 is 1.17. The smallest absolute Gasteiger partial charge is 0.191 e. The second-order valence-corrected chi connectivity index (χ2v) is 9.52. The Morgan fingerprint density at radius 1 is 1.19 bits per heavy atom. The van der Waals surface area contributed by atoms with Crippen molar-refractivity contribution in [3.8, 4) is 0 Å². The average molecular weight is 433 g/mol. The zero-order valence-electron chi connectivity index (χ0n) is 16.5. The molecule has 27 heavy (non-hydrogen) atoms. The highest BCUT2D eigenvalue weighted by Crippen LogP contribution is 2.48. The molecule has 0 radical (unpaired) electrons. The second kappa shape index (κ2) is 8.52. The van der Waals surface area contributed by atoms with Crippen molar-refractivity contribution < 1.29 is 0 Å². The van der Waals surface area contributed by atoms with E-state index in [9.17, 15) is 0 Å². The lowest BCUT2D eigenvalue weighted by Crippen LogP contribution is -2.51. The molecular formula is C22H33BrN4. The Hall–Kier alpha value is -1.07. The molecule has 0 unspecified atom stereocenters. The number of nitrogens with zero attached hydrogens (tertiary/aromatic N) is 2. The summed E-state index contributed by atoms with van der Waals surface area (Å²) in [4.78, 5) is 7.22. The van der Waals surface area contributed by atoms with E-state index < -0.39 is 0 Å². The number of nitrogens with one attached hydrogen (secondary N) is 2. The maximum atomic E-state index is 4.49. The van der Waals surface area contributed by atoms with Crippen LogP contribution in [0.3, 0.4) is 0 Å². The minimum Gasteiger partial charge on any atom is -0.356 e. The standard InChI is InChI=1S/C22H33BrN4/c1-24-21(25-16-22(11-12-22)17-5-4-6-18(23)15-17)26-19-9-13-27(14-10-19)20-7-2-3-8-20/h4-6,15,19-20H,2-3,7-14,16H2,1H3,(H2,24,25,26). The minimum atomic E-state index is 0.285. The van der Waals surface area contributed by atoms with Crippen LogP contribution in [0.15, 0.2) is 33.7 Å². The Labute approximate surface area is 172 Å². The van der Waals surface area contributed by atoms with E-state index in [-0.39, 0.29) is 5.41 Å². The Balaban J connectivity index is 1.25. The molecule has 0 bridgehead atoms. The maximum absolute atomic E-state index is 4.49. The molecule has 3 aliphatic rings. The maximum Gasteiger partial charge on any atom is 0.191 e. The number of rotatable bonds is 5. The summed E-state index contributed by atoms with van der Waals surface area (Å²) in [6.45, 7) is 3.44. The van der Waals surface area contributed by atoms with Gasteiger partial charge in [-0.05, 0) is 56.2 Å². The highest BCUT2D eigenvalue weighted by atomic mass is 79.9. The van der Waals surface area contributed by atoms with Gasteiger partial charge in [-0.2, -0.15) is 0 Å². The van der Waals surface area contributed by atoms with Gasteiger partial charge in [-0.15, -0.1) is 0 Å². The number of hydrogen-bond acceptors (Lipinski definition) is 2. The van der Waals surface area contributed by atoms with Crippen LogP contribution >= 0.6 is 15.9 Å². The highest BCUT2D eigenvalue weighted by Gasteiger charge is 2.44. The van der Waals surface area contributed by atoms with Gasteiger partial charge in [0, 0.05) is 48.7 Å². The third-order valence-corrected chi connectivity index (χ3v) is 7.31. The monoisotopic (exact) mass is 432 g/mol. The van der Waals surface area contributed by atoms with Crippen LogP contribution in [0.5, 0.6) is 0 Å². The molecule has 0 aromatic heterocycles. The van der Waals surface area contributed by atoms with Crippen LogP contribution in [-0.4, -0.2) is 49.6 Å². The third-order valence-electron chi connectivity index (χ3n) is 6.82. The number of piperidine rings is 1. The van der Waals surface area contributed by atoms with Gasteiger partial charge in [-0.25, -0.2) is 0 Å². The van der Waals surface area contributed by atoms with Crippen molar-refractivity contribution >= 4 is 21.9 Å². The first-order valence-corrected chi connectivity index (χ1v) is 11.5. The Kier molecular flexibility index (Phi) is 6.08. The van der Waals surface area contributed by atoms with Crippen LogP contribution in [0, 0.1) is 0 Å². The summed E-state index contributed by atoms with van der Waals surface area (Å²) in [5.74, 6) is 0.968. The summed E-state index contributed by atoms with van der Waals surface area (Å²) in [5, 5.41) is 7.30. The van der Waals surface area contributed by atoms with E-state index in [1.54, 1.807) is 0 Å². The number of likely N-dealkylation sites (tertiary alicyclic amines) is 1. The summed E-state index contributed by atoms with van der Waals surface area (Å²) in [6, 6.07) is 10.2. The lowest BCUT2D eigenvalue weighted by molar-refractivity contribution is 0.150. The quantitative estimate of drug-likeness (QED) is 0.544. The molecule has 1 heterocycles. The molecular weight excluding hydrogens is 400 g/mol. The van der Waals surface area contributed by atoms with Crippen LogP contribution in [0.2, 0.25) is 0 Å². The topological polar surface area (TPSA) is 39.7 Å². The van der Waals surface area contributed by atoms with Crippen LogP contribution < -0.4 is 10.6 Å². The number of guanidine groups is 1. The first-order chi connectivity index (χ1) is 13.2. The van der Waals surface area contributed by atoms with Crippen LogP contribution in [0.4, 0.5) is 0 Å². The summed E-state index contributed by atoms with van der Waals surface area (Å²) >= 11 is 3.61. The Morgan fingerprint density at radius 3 is 2.56 bits per heavy atom. The van der Waals surface area contributed by atoms with Gasteiger partial charge in [0.1, 0.15) is 0 Å². The van der Waals surface area contributed by atoms with Crippen molar-refractivity contribution in [2.24, 2.45) is 4.99 Å². The number of benzene rings is 1. The van der Waals surface area contributed by atoms with Gasteiger partial charge < -0.3 is 15.5 Å². The third kappa shape index (κ3) is 4.68. The Morgan fingerprint density at radius 2 is 1.93 bits per heavy atom. The molecule has 4 rings (SSSR count). The van der Waals surface area contributed by atoms with Crippen molar-refractivity contribution in [1.29, 1.82) is 0 Å². The van der Waals surface area contributed by atoms with Gasteiger partial charge in [-0.1, -0.05) is 40.9 Å². The van der Waals surface area contributed by atoms with E-state index in [1.165, 1.54) is 74.5 Å². The number of aliphatic imine (C=N–C) groups is 1. The fourth-order valence-electron chi connectivity index (χ4n) is 4.86. The molecule has 0 amide bonds. The number of halogens is 1. The van der Waals surface area contributed by atoms with E-state index in [0.29, 0.717) is 6.04 Å². The SMILES string of the molecule is CN=C(NCC1(c2cccc(Br)c2)CC1)NC1CCN(C2CCCC2)CC1. The molecule has 5 heteroatoms. The first kappa shape index (κ1) is 19.3. The molecule has 2 N–H and O–H groups in total. The molecule has 1 aromatic carbocycles. The molecule has 0 spiro atoms. The van der Waals surface area contributed by atoms with Gasteiger partial charge in [0.15, 0.2) is 5.96 Å². The van der Waals surface area contributed by atoms with E-state index in [2.05, 4.69) is 60.7 Å². The predicted molar refractivity (Wildman–Crippen MR) is 116 cm³/mol. The van der Waals surface area contributed by atoms with Gasteiger partial charge in [-0.3, -0.25) is 4.99 Å². The van der Waals surface area contributed by atoms with Crippen LogP contribution in [-0.2, 0) is 5.41 Å². The normalized spacial score (nSPS) is 24.1. The van der Waals surface area contributed by atoms with E-state index in [1.807, 2.05) is 7.05 Å². The molecule has 2 saturated carbocycles. The fourth-order valence-corrected chi connectivity index (χ4v) is 5.26. The molecule has 148 valence electrons. The van der Waals surface area contributed by atoms with Gasteiger partial charge in [0.2, 0.25) is 0 Å².